The number of hydrogen-bond donors (Lipinski definition) is 0. The van der Waals surface area contributed by atoms with Crippen molar-refractivity contribution in [3.8, 4) is 0 Å². The van der Waals surface area contributed by atoms with Crippen LogP contribution in [0.3, 0.4) is 0 Å². The van der Waals surface area contributed by atoms with Crippen LogP contribution in [0.2, 0.25) is 0 Å². The van der Waals surface area contributed by atoms with Gasteiger partial charge in [-0.3, -0.25) is 0 Å². The van der Waals surface area contributed by atoms with Crippen LogP contribution in [0.5, 0.6) is 0 Å². The lowest BCUT2D eigenvalue weighted by Gasteiger charge is -2.19. The van der Waals surface area contributed by atoms with Gasteiger partial charge in [-0.15, -0.1) is 6.58 Å². The molecule has 0 N–H and O–H groups in total. The second-order valence-electron chi connectivity index (χ2n) is 4.46. The summed E-state index contributed by atoms with van der Waals surface area (Å²) in [6.45, 7) is 5.64. The molecule has 0 heterocycles. The first-order valence-electron chi connectivity index (χ1n) is 6.32. The molecule has 0 radical (unpaired) electrons. The van der Waals surface area contributed by atoms with Crippen molar-refractivity contribution in [3.05, 3.63) is 35.8 Å². The fourth-order valence-electron chi connectivity index (χ4n) is 2.07. The third-order valence-corrected chi connectivity index (χ3v) is 5.40. The lowest BCUT2D eigenvalue weighted by atomic mass is 10.1. The number of sulfone groups is 1. The van der Waals surface area contributed by atoms with E-state index in [1.165, 1.54) is 0 Å². The van der Waals surface area contributed by atoms with Crippen LogP contribution in [0.15, 0.2) is 35.8 Å². The summed E-state index contributed by atoms with van der Waals surface area (Å²) in [5, 5.41) is -0.352. The van der Waals surface area contributed by atoms with Crippen molar-refractivity contribution in [1.29, 1.82) is 0 Å². The average Bonchev–Trinajstić information content (AvgIpc) is 2.38. The Morgan fingerprint density at radius 3 is 2.78 bits per heavy atom. The smallest absolute Gasteiger partial charge is 0.181 e. The molecule has 0 aromatic rings. The molecule has 1 aliphatic carbocycles. The Hall–Kier alpha value is -0.870. The second kappa shape index (κ2) is 6.90. The Labute approximate surface area is 110 Å². The lowest BCUT2D eigenvalue weighted by Crippen LogP contribution is -2.23. The van der Waals surface area contributed by atoms with Gasteiger partial charge in [0.05, 0.1) is 16.3 Å². The minimum Gasteiger partial charge on any atom is -0.377 e. The fraction of sp³-hybridized carbons (Fsp3) is 0.571. The Kier molecular flexibility index (Phi) is 5.82. The van der Waals surface area contributed by atoms with Crippen LogP contribution < -0.4 is 0 Å². The van der Waals surface area contributed by atoms with Crippen molar-refractivity contribution in [2.24, 2.45) is 0 Å². The maximum absolute atomic E-state index is 12.5. The summed E-state index contributed by atoms with van der Waals surface area (Å²) in [4.78, 5) is 0.427. The molecule has 0 amide bonds. The van der Waals surface area contributed by atoms with E-state index in [0.29, 0.717) is 24.2 Å². The third kappa shape index (κ3) is 3.56. The zero-order chi connectivity index (χ0) is 13.6. The number of methoxy groups -OCH3 is 1. The molecule has 1 aliphatic rings. The molecular formula is C14H22O3S. The minimum absolute atomic E-state index is 0.00650. The Bertz CT molecular complexity index is 432. The first-order valence-corrected chi connectivity index (χ1v) is 7.86. The molecule has 0 fully saturated rings. The summed E-state index contributed by atoms with van der Waals surface area (Å²) in [6, 6.07) is 0. The summed E-state index contributed by atoms with van der Waals surface area (Å²) in [5.41, 5.74) is 0. The average molecular weight is 270 g/mol. The van der Waals surface area contributed by atoms with Gasteiger partial charge in [-0.05, 0) is 25.3 Å². The Morgan fingerprint density at radius 1 is 1.61 bits per heavy atom. The van der Waals surface area contributed by atoms with Crippen molar-refractivity contribution in [3.63, 3.8) is 0 Å². The highest BCUT2D eigenvalue weighted by atomic mass is 32.2. The van der Waals surface area contributed by atoms with Gasteiger partial charge < -0.3 is 4.74 Å². The molecule has 0 aromatic carbocycles. The van der Waals surface area contributed by atoms with E-state index in [2.05, 4.69) is 6.58 Å². The molecule has 0 spiro atoms. The molecule has 1 rings (SSSR count). The first kappa shape index (κ1) is 15.2. The molecule has 0 aromatic heterocycles. The summed E-state index contributed by atoms with van der Waals surface area (Å²) in [7, 11) is -1.61. The number of allylic oxidation sites excluding steroid dienone is 2. The minimum atomic E-state index is -3.23. The monoisotopic (exact) mass is 270 g/mol. The summed E-state index contributed by atoms with van der Waals surface area (Å²) < 4.78 is 30.1. The van der Waals surface area contributed by atoms with E-state index in [9.17, 15) is 8.42 Å². The van der Waals surface area contributed by atoms with Crippen LogP contribution in [0, 0.1) is 0 Å². The zero-order valence-corrected chi connectivity index (χ0v) is 11.9. The molecule has 0 aliphatic heterocycles. The number of rotatable bonds is 7. The van der Waals surface area contributed by atoms with E-state index >= 15 is 0 Å². The van der Waals surface area contributed by atoms with Crippen molar-refractivity contribution in [1.82, 2.24) is 0 Å². The van der Waals surface area contributed by atoms with Gasteiger partial charge in [-0.2, -0.15) is 0 Å². The van der Waals surface area contributed by atoms with Crippen LogP contribution in [0.1, 0.15) is 32.6 Å². The third-order valence-electron chi connectivity index (χ3n) is 3.14. The summed E-state index contributed by atoms with van der Waals surface area (Å²) >= 11 is 0. The predicted octanol–water partition coefficient (Wildman–Crippen LogP) is 3.00. The molecule has 0 saturated heterocycles. The van der Waals surface area contributed by atoms with Crippen LogP contribution in [-0.2, 0) is 14.6 Å². The fourth-order valence-corrected chi connectivity index (χ4v) is 3.98. The van der Waals surface area contributed by atoms with Crippen LogP contribution >= 0.6 is 0 Å². The quantitative estimate of drug-likeness (QED) is 0.668. The number of hydrogen-bond acceptors (Lipinski definition) is 3. The highest BCUT2D eigenvalue weighted by Crippen LogP contribution is 2.25. The molecule has 0 saturated carbocycles. The largest absolute Gasteiger partial charge is 0.377 e. The van der Waals surface area contributed by atoms with Crippen molar-refractivity contribution in [2.45, 2.75) is 44.0 Å². The SMILES string of the molecule is C=CCC(CCC)S(=O)(=O)C1=CCC(OC)C=C1. The molecule has 102 valence electrons. The van der Waals surface area contributed by atoms with Crippen LogP contribution in [-0.4, -0.2) is 26.9 Å². The molecule has 0 bridgehead atoms. The highest BCUT2D eigenvalue weighted by Gasteiger charge is 2.27. The summed E-state index contributed by atoms with van der Waals surface area (Å²) in [5.74, 6) is 0. The molecule has 2 atom stereocenters. The van der Waals surface area contributed by atoms with Gasteiger partial charge in [-0.25, -0.2) is 8.42 Å². The molecule has 2 unspecified atom stereocenters. The van der Waals surface area contributed by atoms with Gasteiger partial charge in [0.2, 0.25) is 0 Å². The first-order chi connectivity index (χ1) is 8.56. The van der Waals surface area contributed by atoms with E-state index in [1.54, 1.807) is 25.3 Å². The van der Waals surface area contributed by atoms with Gasteiger partial charge in [0.15, 0.2) is 9.84 Å². The topological polar surface area (TPSA) is 43.4 Å². The maximum Gasteiger partial charge on any atom is 0.181 e. The molecule has 4 heteroatoms. The standard InChI is InChI=1S/C14H22O3S/c1-4-6-13(7-5-2)18(15,16)14-10-8-12(17-3)9-11-14/h4,8,10-13H,1,5-7,9H2,2-3H3. The van der Waals surface area contributed by atoms with E-state index in [0.717, 1.165) is 6.42 Å². The van der Waals surface area contributed by atoms with E-state index in [1.807, 2.05) is 13.0 Å². The van der Waals surface area contributed by atoms with Crippen molar-refractivity contribution in [2.75, 3.05) is 7.11 Å². The van der Waals surface area contributed by atoms with Crippen molar-refractivity contribution >= 4 is 9.84 Å². The van der Waals surface area contributed by atoms with Crippen molar-refractivity contribution < 1.29 is 13.2 Å². The Balaban J connectivity index is 2.89. The van der Waals surface area contributed by atoms with Gasteiger partial charge in [-0.1, -0.05) is 31.6 Å². The van der Waals surface area contributed by atoms with Crippen LogP contribution in [0.25, 0.3) is 0 Å². The van der Waals surface area contributed by atoms with Crippen LogP contribution in [0.4, 0.5) is 0 Å². The van der Waals surface area contributed by atoms with Gasteiger partial charge in [0, 0.05) is 7.11 Å². The Morgan fingerprint density at radius 2 is 2.33 bits per heavy atom. The lowest BCUT2D eigenvalue weighted by molar-refractivity contribution is 0.142. The highest BCUT2D eigenvalue weighted by molar-refractivity contribution is 7.96. The molecular weight excluding hydrogens is 248 g/mol. The van der Waals surface area contributed by atoms with E-state index in [4.69, 9.17) is 4.74 Å². The molecule has 18 heavy (non-hydrogen) atoms. The normalized spacial score (nSPS) is 21.4. The van der Waals surface area contributed by atoms with Gasteiger partial charge in [0.1, 0.15) is 0 Å². The van der Waals surface area contributed by atoms with E-state index < -0.39 is 9.84 Å². The van der Waals surface area contributed by atoms with Gasteiger partial charge >= 0.3 is 0 Å². The maximum atomic E-state index is 12.5. The zero-order valence-electron chi connectivity index (χ0n) is 11.1. The van der Waals surface area contributed by atoms with E-state index in [-0.39, 0.29) is 11.4 Å². The predicted molar refractivity (Wildman–Crippen MR) is 75.1 cm³/mol. The summed E-state index contributed by atoms with van der Waals surface area (Å²) in [6.07, 6.45) is 9.57. The molecule has 3 nitrogen and oxygen atoms in total. The van der Waals surface area contributed by atoms with Gasteiger partial charge in [0.25, 0.3) is 0 Å². The second-order valence-corrected chi connectivity index (χ2v) is 6.68. The number of ether oxygens (including phenoxy) is 1.